The first kappa shape index (κ1) is 15.1. The van der Waals surface area contributed by atoms with Gasteiger partial charge in [0.25, 0.3) is 0 Å². The van der Waals surface area contributed by atoms with Crippen LogP contribution in [0.15, 0.2) is 12.1 Å². The fraction of sp³-hybridized carbons (Fsp3) is 0.625. The van der Waals surface area contributed by atoms with Gasteiger partial charge in [-0.25, -0.2) is 0 Å². The molecule has 1 aromatic rings. The minimum atomic E-state index is 0.831. The van der Waals surface area contributed by atoms with Crippen molar-refractivity contribution in [1.82, 2.24) is 10.2 Å². The van der Waals surface area contributed by atoms with Gasteiger partial charge in [-0.3, -0.25) is 4.90 Å². The van der Waals surface area contributed by atoms with E-state index in [2.05, 4.69) is 29.3 Å². The first-order chi connectivity index (χ1) is 9.78. The monoisotopic (exact) mass is 278 g/mol. The molecule has 2 rings (SSSR count). The molecule has 0 amide bonds. The van der Waals surface area contributed by atoms with Gasteiger partial charge in [-0.2, -0.15) is 0 Å². The molecule has 0 spiro atoms. The Balaban J connectivity index is 1.98. The zero-order valence-corrected chi connectivity index (χ0v) is 12.9. The number of nitrogens with one attached hydrogen (secondary N) is 1. The van der Waals surface area contributed by atoms with Gasteiger partial charge in [-0.05, 0) is 42.6 Å². The molecule has 4 nitrogen and oxygen atoms in total. The van der Waals surface area contributed by atoms with Crippen LogP contribution in [0.3, 0.4) is 0 Å². The van der Waals surface area contributed by atoms with Crippen molar-refractivity contribution in [3.8, 4) is 11.5 Å². The Morgan fingerprint density at radius 2 is 1.80 bits per heavy atom. The van der Waals surface area contributed by atoms with E-state index in [1.807, 2.05) is 0 Å². The van der Waals surface area contributed by atoms with Crippen molar-refractivity contribution in [3.05, 3.63) is 23.3 Å². The van der Waals surface area contributed by atoms with E-state index in [4.69, 9.17) is 9.47 Å². The van der Waals surface area contributed by atoms with Crippen molar-refractivity contribution in [2.75, 3.05) is 40.4 Å². The van der Waals surface area contributed by atoms with E-state index < -0.39 is 0 Å². The molecule has 0 fully saturated rings. The molecule has 0 atom stereocenters. The largest absolute Gasteiger partial charge is 0.493 e. The molecule has 1 heterocycles. The van der Waals surface area contributed by atoms with Gasteiger partial charge in [-0.1, -0.05) is 6.92 Å². The highest BCUT2D eigenvalue weighted by Crippen LogP contribution is 2.33. The molecule has 4 heteroatoms. The summed E-state index contributed by atoms with van der Waals surface area (Å²) in [7, 11) is 3.39. The minimum absolute atomic E-state index is 0.831. The van der Waals surface area contributed by atoms with Crippen molar-refractivity contribution in [1.29, 1.82) is 0 Å². The van der Waals surface area contributed by atoms with Gasteiger partial charge in [-0.15, -0.1) is 0 Å². The Kier molecular flexibility index (Phi) is 5.68. The molecule has 1 aliphatic heterocycles. The normalized spacial score (nSPS) is 14.9. The van der Waals surface area contributed by atoms with Gasteiger partial charge in [0.05, 0.1) is 14.2 Å². The summed E-state index contributed by atoms with van der Waals surface area (Å²) < 4.78 is 10.8. The van der Waals surface area contributed by atoms with E-state index in [1.54, 1.807) is 14.2 Å². The summed E-state index contributed by atoms with van der Waals surface area (Å²) in [6.07, 6.45) is 2.28. The summed E-state index contributed by atoms with van der Waals surface area (Å²) >= 11 is 0. The molecule has 1 N–H and O–H groups in total. The predicted octanol–water partition coefficient (Wildman–Crippen LogP) is 2.06. The topological polar surface area (TPSA) is 33.7 Å². The SMILES string of the molecule is CCCNCCN1CCc2cc(OC)c(OC)cc2C1. The summed E-state index contributed by atoms with van der Waals surface area (Å²) in [6.45, 7) is 7.60. The number of methoxy groups -OCH3 is 2. The average molecular weight is 278 g/mol. The maximum atomic E-state index is 5.39. The number of nitrogens with zero attached hydrogens (tertiary/aromatic N) is 1. The van der Waals surface area contributed by atoms with Crippen LogP contribution >= 0.6 is 0 Å². The van der Waals surface area contributed by atoms with E-state index >= 15 is 0 Å². The second kappa shape index (κ2) is 7.50. The second-order valence-electron chi connectivity index (χ2n) is 5.25. The third kappa shape index (κ3) is 3.64. The van der Waals surface area contributed by atoms with Crippen molar-refractivity contribution >= 4 is 0 Å². The van der Waals surface area contributed by atoms with Crippen LogP contribution in [0.1, 0.15) is 24.5 Å². The Morgan fingerprint density at radius 1 is 1.10 bits per heavy atom. The Bertz CT molecular complexity index is 435. The van der Waals surface area contributed by atoms with Crippen molar-refractivity contribution < 1.29 is 9.47 Å². The second-order valence-corrected chi connectivity index (χ2v) is 5.25. The molecule has 1 aromatic carbocycles. The molecule has 112 valence electrons. The van der Waals surface area contributed by atoms with E-state index in [-0.39, 0.29) is 0 Å². The molecule has 20 heavy (non-hydrogen) atoms. The van der Waals surface area contributed by atoms with E-state index in [0.29, 0.717) is 0 Å². The van der Waals surface area contributed by atoms with Crippen molar-refractivity contribution in [2.24, 2.45) is 0 Å². The van der Waals surface area contributed by atoms with Crippen LogP contribution in [0.5, 0.6) is 11.5 Å². The van der Waals surface area contributed by atoms with Crippen LogP contribution in [0.2, 0.25) is 0 Å². The summed E-state index contributed by atoms with van der Waals surface area (Å²) in [5.74, 6) is 1.67. The third-order valence-corrected chi connectivity index (χ3v) is 3.83. The first-order valence-corrected chi connectivity index (χ1v) is 7.45. The fourth-order valence-corrected chi connectivity index (χ4v) is 2.67. The number of ether oxygens (including phenoxy) is 2. The summed E-state index contributed by atoms with van der Waals surface area (Å²) in [5, 5.41) is 3.46. The van der Waals surface area contributed by atoms with E-state index in [1.165, 1.54) is 17.5 Å². The maximum absolute atomic E-state index is 5.39. The number of fused-ring (bicyclic) bond motifs is 1. The smallest absolute Gasteiger partial charge is 0.161 e. The van der Waals surface area contributed by atoms with Gasteiger partial charge in [0.15, 0.2) is 11.5 Å². The zero-order valence-electron chi connectivity index (χ0n) is 12.9. The lowest BCUT2D eigenvalue weighted by atomic mass is 9.99. The minimum Gasteiger partial charge on any atom is -0.493 e. The van der Waals surface area contributed by atoms with Crippen molar-refractivity contribution in [2.45, 2.75) is 26.3 Å². The van der Waals surface area contributed by atoms with Crippen LogP contribution in [-0.4, -0.2) is 45.3 Å². The van der Waals surface area contributed by atoms with Gasteiger partial charge in [0, 0.05) is 26.2 Å². The standard InChI is InChI=1S/C16H26N2O2/c1-4-6-17-7-9-18-8-5-13-10-15(19-2)16(20-3)11-14(13)12-18/h10-11,17H,4-9,12H2,1-3H3. The molecule has 0 aliphatic carbocycles. The zero-order chi connectivity index (χ0) is 14.4. The molecule has 0 saturated heterocycles. The molecule has 0 bridgehead atoms. The molecular formula is C16H26N2O2. The van der Waals surface area contributed by atoms with Crippen LogP contribution in [-0.2, 0) is 13.0 Å². The summed E-state index contributed by atoms with van der Waals surface area (Å²) in [6, 6.07) is 4.25. The predicted molar refractivity (Wildman–Crippen MR) is 81.7 cm³/mol. The lowest BCUT2D eigenvalue weighted by molar-refractivity contribution is 0.252. The molecule has 1 aliphatic rings. The lowest BCUT2D eigenvalue weighted by Gasteiger charge is -2.29. The number of benzene rings is 1. The van der Waals surface area contributed by atoms with Gasteiger partial charge in [0.2, 0.25) is 0 Å². The summed E-state index contributed by atoms with van der Waals surface area (Å²) in [5.41, 5.74) is 2.75. The maximum Gasteiger partial charge on any atom is 0.161 e. The van der Waals surface area contributed by atoms with Crippen LogP contribution in [0.25, 0.3) is 0 Å². The highest BCUT2D eigenvalue weighted by molar-refractivity contribution is 5.48. The first-order valence-electron chi connectivity index (χ1n) is 7.45. The average Bonchev–Trinajstić information content (AvgIpc) is 2.50. The van der Waals surface area contributed by atoms with Crippen LogP contribution in [0.4, 0.5) is 0 Å². The van der Waals surface area contributed by atoms with Crippen LogP contribution < -0.4 is 14.8 Å². The number of hydrogen-bond donors (Lipinski definition) is 1. The van der Waals surface area contributed by atoms with Gasteiger partial charge < -0.3 is 14.8 Å². The Labute approximate surface area is 122 Å². The molecule has 0 aromatic heterocycles. The quantitative estimate of drug-likeness (QED) is 0.774. The Hall–Kier alpha value is -1.26. The molecular weight excluding hydrogens is 252 g/mol. The van der Waals surface area contributed by atoms with E-state index in [9.17, 15) is 0 Å². The Morgan fingerprint density at radius 3 is 2.45 bits per heavy atom. The third-order valence-electron chi connectivity index (χ3n) is 3.83. The lowest BCUT2D eigenvalue weighted by Crippen LogP contribution is -2.36. The van der Waals surface area contributed by atoms with E-state index in [0.717, 1.165) is 50.6 Å². The van der Waals surface area contributed by atoms with Crippen molar-refractivity contribution in [3.63, 3.8) is 0 Å². The van der Waals surface area contributed by atoms with Gasteiger partial charge in [0.1, 0.15) is 0 Å². The highest BCUT2D eigenvalue weighted by Gasteiger charge is 2.18. The molecule has 0 saturated carbocycles. The number of rotatable bonds is 7. The number of hydrogen-bond acceptors (Lipinski definition) is 4. The summed E-state index contributed by atoms with van der Waals surface area (Å²) in [4.78, 5) is 2.50. The molecule has 0 radical (unpaired) electrons. The van der Waals surface area contributed by atoms with Crippen LogP contribution in [0, 0.1) is 0 Å². The highest BCUT2D eigenvalue weighted by atomic mass is 16.5. The molecule has 0 unspecified atom stereocenters. The van der Waals surface area contributed by atoms with Gasteiger partial charge >= 0.3 is 0 Å². The fourth-order valence-electron chi connectivity index (χ4n) is 2.67.